The van der Waals surface area contributed by atoms with Gasteiger partial charge in [0.15, 0.2) is 11.8 Å². The summed E-state index contributed by atoms with van der Waals surface area (Å²) in [7, 11) is 0. The monoisotopic (exact) mass is 396 g/mol. The van der Waals surface area contributed by atoms with Gasteiger partial charge in [0, 0.05) is 5.39 Å². The van der Waals surface area contributed by atoms with Crippen molar-refractivity contribution in [1.29, 1.82) is 0 Å². The lowest BCUT2D eigenvalue weighted by molar-refractivity contribution is -0.128. The Hall–Kier alpha value is -3.88. The van der Waals surface area contributed by atoms with E-state index in [1.807, 2.05) is 6.92 Å². The molecule has 1 aromatic heterocycles. The van der Waals surface area contributed by atoms with E-state index in [2.05, 4.69) is 21.0 Å². The molecular formula is C20H20N4O5. The number of hydrazine groups is 1. The third kappa shape index (κ3) is 4.70. The number of aromatic amines is 1. The van der Waals surface area contributed by atoms with Crippen LogP contribution < -0.4 is 25.9 Å². The van der Waals surface area contributed by atoms with Crippen LogP contribution in [0.4, 0.5) is 0 Å². The molecule has 1 heterocycles. The summed E-state index contributed by atoms with van der Waals surface area (Å²) in [5.41, 5.74) is 4.15. The van der Waals surface area contributed by atoms with Crippen molar-refractivity contribution < 1.29 is 19.1 Å². The van der Waals surface area contributed by atoms with E-state index in [-0.39, 0.29) is 5.69 Å². The molecule has 0 aliphatic heterocycles. The molecule has 0 aliphatic rings. The lowest BCUT2D eigenvalue weighted by Crippen LogP contribution is -2.47. The van der Waals surface area contributed by atoms with E-state index in [0.717, 1.165) is 0 Å². The summed E-state index contributed by atoms with van der Waals surface area (Å²) < 4.78 is 10.9. The fraction of sp³-hybridized carbons (Fsp3) is 0.200. The topological polar surface area (TPSA) is 122 Å². The van der Waals surface area contributed by atoms with Crippen LogP contribution in [-0.4, -0.2) is 34.7 Å². The predicted octanol–water partition coefficient (Wildman–Crippen LogP) is 1.55. The van der Waals surface area contributed by atoms with Gasteiger partial charge in [-0.2, -0.15) is 5.10 Å². The Kier molecular flexibility index (Phi) is 6.08. The van der Waals surface area contributed by atoms with E-state index in [1.54, 1.807) is 55.5 Å². The number of fused-ring (bicyclic) bond motifs is 1. The van der Waals surface area contributed by atoms with Crippen LogP contribution in [0.25, 0.3) is 10.8 Å². The minimum Gasteiger partial charge on any atom is -0.494 e. The van der Waals surface area contributed by atoms with Crippen LogP contribution in [0.15, 0.2) is 53.3 Å². The predicted molar refractivity (Wildman–Crippen MR) is 106 cm³/mol. The second-order valence-corrected chi connectivity index (χ2v) is 6.05. The molecule has 3 rings (SSSR count). The van der Waals surface area contributed by atoms with Crippen LogP contribution in [0.5, 0.6) is 11.5 Å². The second-order valence-electron chi connectivity index (χ2n) is 6.05. The third-order valence-electron chi connectivity index (χ3n) is 4.03. The van der Waals surface area contributed by atoms with Gasteiger partial charge in [-0.05, 0) is 44.2 Å². The van der Waals surface area contributed by atoms with E-state index in [0.29, 0.717) is 28.9 Å². The number of rotatable bonds is 6. The maximum atomic E-state index is 12.4. The number of nitrogens with zero attached hydrogens (tertiary/aromatic N) is 1. The Morgan fingerprint density at radius 2 is 1.69 bits per heavy atom. The molecule has 1 atom stereocenters. The molecule has 29 heavy (non-hydrogen) atoms. The highest BCUT2D eigenvalue weighted by molar-refractivity contribution is 6.05. The summed E-state index contributed by atoms with van der Waals surface area (Å²) >= 11 is 0. The average molecular weight is 396 g/mol. The first kappa shape index (κ1) is 19.9. The number of aromatic nitrogens is 2. The fourth-order valence-electron chi connectivity index (χ4n) is 2.61. The molecule has 3 N–H and O–H groups in total. The zero-order valence-electron chi connectivity index (χ0n) is 15.9. The SMILES string of the molecule is CCOc1ccc(O[C@@H](C)C(=O)NNC(=O)c2n[nH]c(=O)c3ccccc23)cc1. The normalized spacial score (nSPS) is 11.5. The molecule has 0 spiro atoms. The molecule has 150 valence electrons. The highest BCUT2D eigenvalue weighted by atomic mass is 16.5. The van der Waals surface area contributed by atoms with Gasteiger partial charge in [-0.1, -0.05) is 18.2 Å². The van der Waals surface area contributed by atoms with Crippen LogP contribution in [0.2, 0.25) is 0 Å². The molecule has 9 heteroatoms. The van der Waals surface area contributed by atoms with Crippen LogP contribution in [0.3, 0.4) is 0 Å². The number of hydrogen-bond donors (Lipinski definition) is 3. The molecule has 3 aromatic rings. The standard InChI is InChI=1S/C20H20N4O5/c1-3-28-13-8-10-14(11-9-13)29-12(2)18(25)22-24-20(27)17-15-6-4-5-7-16(15)19(26)23-21-17/h4-12H,3H2,1-2H3,(H,22,25)(H,23,26)(H,24,27)/t12-/m0/s1. The van der Waals surface area contributed by atoms with Gasteiger partial charge in [0.1, 0.15) is 11.5 Å². The van der Waals surface area contributed by atoms with Gasteiger partial charge in [-0.25, -0.2) is 5.10 Å². The Balaban J connectivity index is 1.61. The number of H-pyrrole nitrogens is 1. The highest BCUT2D eigenvalue weighted by Crippen LogP contribution is 2.18. The summed E-state index contributed by atoms with van der Waals surface area (Å²) in [6, 6.07) is 13.4. The summed E-state index contributed by atoms with van der Waals surface area (Å²) in [6.45, 7) is 3.99. The molecule has 9 nitrogen and oxygen atoms in total. The molecule has 0 aliphatic carbocycles. The van der Waals surface area contributed by atoms with Gasteiger partial charge in [-0.3, -0.25) is 25.2 Å². The molecular weight excluding hydrogens is 376 g/mol. The summed E-state index contributed by atoms with van der Waals surface area (Å²) in [6.07, 6.45) is -0.867. The van der Waals surface area contributed by atoms with Crippen LogP contribution >= 0.6 is 0 Å². The molecule has 0 fully saturated rings. The van der Waals surface area contributed by atoms with E-state index < -0.39 is 23.5 Å². The second kappa shape index (κ2) is 8.87. The van der Waals surface area contributed by atoms with Gasteiger partial charge >= 0.3 is 0 Å². The zero-order chi connectivity index (χ0) is 20.8. The molecule has 2 amide bonds. The molecule has 2 aromatic carbocycles. The van der Waals surface area contributed by atoms with Gasteiger partial charge in [0.2, 0.25) is 0 Å². The lowest BCUT2D eigenvalue weighted by atomic mass is 10.1. The first-order chi connectivity index (χ1) is 14.0. The molecule has 0 saturated heterocycles. The fourth-order valence-corrected chi connectivity index (χ4v) is 2.61. The quantitative estimate of drug-likeness (QED) is 0.544. The number of ether oxygens (including phenoxy) is 2. The Morgan fingerprint density at radius 3 is 2.38 bits per heavy atom. The van der Waals surface area contributed by atoms with Crippen molar-refractivity contribution in [3.63, 3.8) is 0 Å². The van der Waals surface area contributed by atoms with Gasteiger partial charge in [-0.15, -0.1) is 0 Å². The Labute approximate surface area is 166 Å². The van der Waals surface area contributed by atoms with Crippen LogP contribution in [0, 0.1) is 0 Å². The van der Waals surface area contributed by atoms with Gasteiger partial charge in [0.05, 0.1) is 12.0 Å². The molecule has 0 saturated carbocycles. The smallest absolute Gasteiger partial charge is 0.290 e. The number of carbonyl (C=O) groups excluding carboxylic acids is 2. The van der Waals surface area contributed by atoms with Crippen molar-refractivity contribution >= 4 is 22.6 Å². The van der Waals surface area contributed by atoms with Crippen molar-refractivity contribution in [2.75, 3.05) is 6.61 Å². The van der Waals surface area contributed by atoms with Crippen LogP contribution in [-0.2, 0) is 4.79 Å². The first-order valence-corrected chi connectivity index (χ1v) is 8.96. The van der Waals surface area contributed by atoms with E-state index in [4.69, 9.17) is 9.47 Å². The molecule has 0 bridgehead atoms. The Bertz CT molecular complexity index is 1080. The molecule has 0 radical (unpaired) electrons. The largest absolute Gasteiger partial charge is 0.494 e. The number of hydrogen-bond acceptors (Lipinski definition) is 6. The summed E-state index contributed by atoms with van der Waals surface area (Å²) in [5, 5.41) is 6.74. The van der Waals surface area contributed by atoms with Gasteiger partial charge < -0.3 is 9.47 Å². The maximum absolute atomic E-state index is 12.4. The maximum Gasteiger partial charge on any atom is 0.290 e. The van der Waals surface area contributed by atoms with Crippen molar-refractivity contribution in [2.45, 2.75) is 20.0 Å². The van der Waals surface area contributed by atoms with Crippen LogP contribution in [0.1, 0.15) is 24.3 Å². The average Bonchev–Trinajstić information content (AvgIpc) is 2.74. The van der Waals surface area contributed by atoms with E-state index >= 15 is 0 Å². The van der Waals surface area contributed by atoms with Crippen molar-refractivity contribution in [3.8, 4) is 11.5 Å². The summed E-state index contributed by atoms with van der Waals surface area (Å²) in [4.78, 5) is 36.4. The third-order valence-corrected chi connectivity index (χ3v) is 4.03. The van der Waals surface area contributed by atoms with Crippen molar-refractivity contribution in [3.05, 3.63) is 64.6 Å². The summed E-state index contributed by atoms with van der Waals surface area (Å²) in [5.74, 6) is -0.0411. The lowest BCUT2D eigenvalue weighted by Gasteiger charge is -2.15. The van der Waals surface area contributed by atoms with E-state index in [9.17, 15) is 14.4 Å². The number of amides is 2. The highest BCUT2D eigenvalue weighted by Gasteiger charge is 2.18. The molecule has 0 unspecified atom stereocenters. The first-order valence-electron chi connectivity index (χ1n) is 8.96. The minimum absolute atomic E-state index is 0.0133. The number of benzene rings is 2. The number of nitrogens with one attached hydrogen (secondary N) is 3. The van der Waals surface area contributed by atoms with Crippen molar-refractivity contribution in [1.82, 2.24) is 21.0 Å². The minimum atomic E-state index is -0.867. The number of carbonyl (C=O) groups is 2. The van der Waals surface area contributed by atoms with E-state index in [1.165, 1.54) is 0 Å². The zero-order valence-corrected chi connectivity index (χ0v) is 15.9. The Morgan fingerprint density at radius 1 is 1.03 bits per heavy atom. The van der Waals surface area contributed by atoms with Crippen molar-refractivity contribution in [2.24, 2.45) is 0 Å². The van der Waals surface area contributed by atoms with Gasteiger partial charge in [0.25, 0.3) is 17.4 Å².